The fraction of sp³-hybridized carbons (Fsp3) is 0.632. The van der Waals surface area contributed by atoms with E-state index in [4.69, 9.17) is 9.97 Å². The van der Waals surface area contributed by atoms with Gasteiger partial charge in [0.1, 0.15) is 0 Å². The van der Waals surface area contributed by atoms with Gasteiger partial charge < -0.3 is 0 Å². The molecule has 0 aromatic carbocycles. The van der Waals surface area contributed by atoms with Gasteiger partial charge in [0, 0.05) is 22.2 Å². The van der Waals surface area contributed by atoms with E-state index in [0.717, 1.165) is 10.0 Å². The van der Waals surface area contributed by atoms with Gasteiger partial charge in [-0.05, 0) is 47.2 Å². The summed E-state index contributed by atoms with van der Waals surface area (Å²) in [6, 6.07) is 4.60. The summed E-state index contributed by atoms with van der Waals surface area (Å²) in [6.07, 6.45) is 32.0. The standard InChI is InChI=1S/C38H56N2S6/c1-3-5-7-9-11-13-15-17-19-21-25-41-31-23-27-43-35(31)33-29-39-37(45-33)38-40-30-34(46-38)36-32(24-28-44-36)42-26-22-20-18-16-14-12-10-8-6-4-2/h23-24,27-30H,3-22,25-26H2,1-2H3. The summed E-state index contributed by atoms with van der Waals surface area (Å²) in [6.45, 7) is 4.59. The number of hydrogen-bond donors (Lipinski definition) is 0. The van der Waals surface area contributed by atoms with Crippen molar-refractivity contribution in [2.45, 2.75) is 152 Å². The van der Waals surface area contributed by atoms with Crippen LogP contribution in [0.5, 0.6) is 0 Å². The second kappa shape index (κ2) is 23.7. The van der Waals surface area contributed by atoms with Crippen LogP contribution < -0.4 is 0 Å². The van der Waals surface area contributed by atoms with Crippen molar-refractivity contribution in [3.05, 3.63) is 35.3 Å². The molecule has 0 aliphatic rings. The molecule has 0 N–H and O–H groups in total. The molecule has 0 bridgehead atoms. The van der Waals surface area contributed by atoms with Crippen molar-refractivity contribution < 1.29 is 0 Å². The molecule has 4 heterocycles. The highest BCUT2D eigenvalue weighted by Gasteiger charge is 2.17. The van der Waals surface area contributed by atoms with Crippen LogP contribution in [0.2, 0.25) is 0 Å². The normalized spacial score (nSPS) is 11.6. The first-order valence-electron chi connectivity index (χ1n) is 18.1. The van der Waals surface area contributed by atoms with Crippen LogP contribution in [-0.4, -0.2) is 21.5 Å². The minimum Gasteiger partial charge on any atom is -0.241 e. The lowest BCUT2D eigenvalue weighted by Crippen LogP contribution is -1.84. The second-order valence-electron chi connectivity index (χ2n) is 12.3. The van der Waals surface area contributed by atoms with Crippen molar-refractivity contribution in [1.29, 1.82) is 0 Å². The number of unbranched alkanes of at least 4 members (excludes halogenated alkanes) is 18. The molecule has 0 saturated carbocycles. The Labute approximate surface area is 305 Å². The van der Waals surface area contributed by atoms with Crippen molar-refractivity contribution in [1.82, 2.24) is 9.97 Å². The first kappa shape index (κ1) is 38.2. The Kier molecular flexibility index (Phi) is 19.6. The lowest BCUT2D eigenvalue weighted by Gasteiger charge is -2.04. The minimum absolute atomic E-state index is 1.04. The maximum atomic E-state index is 4.83. The molecule has 8 heteroatoms. The Balaban J connectivity index is 1.16. The number of aromatic nitrogens is 2. The van der Waals surface area contributed by atoms with Gasteiger partial charge in [0.05, 0.1) is 19.5 Å². The van der Waals surface area contributed by atoms with E-state index >= 15 is 0 Å². The molecule has 4 aromatic rings. The third-order valence-electron chi connectivity index (χ3n) is 8.41. The highest BCUT2D eigenvalue weighted by molar-refractivity contribution is 7.99. The number of nitrogens with zero attached hydrogens (tertiary/aromatic N) is 2. The molecule has 46 heavy (non-hydrogen) atoms. The molecule has 0 radical (unpaired) electrons. The molecular formula is C38H56N2S6. The van der Waals surface area contributed by atoms with Gasteiger partial charge in [0.25, 0.3) is 0 Å². The van der Waals surface area contributed by atoms with Crippen LogP contribution in [0.15, 0.2) is 45.1 Å². The lowest BCUT2D eigenvalue weighted by molar-refractivity contribution is 0.563. The summed E-state index contributed by atoms with van der Waals surface area (Å²) < 4.78 is 0. The molecule has 254 valence electrons. The zero-order valence-electron chi connectivity index (χ0n) is 28.4. The molecular weight excluding hydrogens is 677 g/mol. The maximum absolute atomic E-state index is 4.83. The number of thioether (sulfide) groups is 2. The molecule has 0 spiro atoms. The average molecular weight is 733 g/mol. The largest absolute Gasteiger partial charge is 0.241 e. The SMILES string of the molecule is CCCCCCCCCCCCSc1ccsc1-c1cnc(-c2ncc(-c3sccc3SCCCCCCCCCCCC)s2)s1. The van der Waals surface area contributed by atoms with Crippen molar-refractivity contribution in [2.75, 3.05) is 11.5 Å². The molecule has 0 saturated heterocycles. The van der Waals surface area contributed by atoms with Gasteiger partial charge in [0.15, 0.2) is 10.0 Å². The van der Waals surface area contributed by atoms with Crippen molar-refractivity contribution in [2.24, 2.45) is 0 Å². The summed E-state index contributed by atoms with van der Waals surface area (Å²) in [5.74, 6) is 2.42. The van der Waals surface area contributed by atoms with Crippen molar-refractivity contribution in [3.63, 3.8) is 0 Å². The zero-order valence-corrected chi connectivity index (χ0v) is 33.3. The van der Waals surface area contributed by atoms with Crippen molar-refractivity contribution in [3.8, 4) is 29.5 Å². The van der Waals surface area contributed by atoms with E-state index in [1.165, 1.54) is 169 Å². The first-order valence-corrected chi connectivity index (χ1v) is 23.5. The third kappa shape index (κ3) is 13.7. The number of thiazole rings is 2. The summed E-state index contributed by atoms with van der Waals surface area (Å²) in [4.78, 5) is 17.8. The molecule has 0 aliphatic heterocycles. The Morgan fingerprint density at radius 3 is 1.20 bits per heavy atom. The summed E-state index contributed by atoms with van der Waals surface area (Å²) in [5.41, 5.74) is 0. The number of rotatable bonds is 27. The highest BCUT2D eigenvalue weighted by atomic mass is 32.2. The first-order chi connectivity index (χ1) is 22.8. The van der Waals surface area contributed by atoms with Crippen LogP contribution in [-0.2, 0) is 0 Å². The Bertz CT molecular complexity index is 1220. The third-order valence-corrected chi connectivity index (χ3v) is 15.3. The number of thiophene rings is 2. The van der Waals surface area contributed by atoms with Crippen LogP contribution in [0.4, 0.5) is 0 Å². The van der Waals surface area contributed by atoms with E-state index in [-0.39, 0.29) is 0 Å². The molecule has 0 unspecified atom stereocenters. The predicted molar refractivity (Wildman–Crippen MR) is 215 cm³/mol. The Hall–Kier alpha value is -0.640. The quantitative estimate of drug-likeness (QED) is 0.0450. The average Bonchev–Trinajstić information content (AvgIpc) is 3.89. The van der Waals surface area contributed by atoms with Gasteiger partial charge in [0.2, 0.25) is 0 Å². The molecule has 0 aliphatic carbocycles. The summed E-state index contributed by atoms with van der Waals surface area (Å²) >= 11 is 11.3. The molecule has 0 atom stereocenters. The maximum Gasteiger partial charge on any atom is 0.152 e. The fourth-order valence-electron chi connectivity index (χ4n) is 5.68. The van der Waals surface area contributed by atoms with E-state index in [1.807, 2.05) is 46.2 Å². The lowest BCUT2D eigenvalue weighted by atomic mass is 10.1. The minimum atomic E-state index is 1.04. The molecule has 0 fully saturated rings. The molecule has 4 aromatic heterocycles. The zero-order chi connectivity index (χ0) is 32.1. The van der Waals surface area contributed by atoms with Gasteiger partial charge >= 0.3 is 0 Å². The van der Waals surface area contributed by atoms with E-state index in [1.54, 1.807) is 22.7 Å². The van der Waals surface area contributed by atoms with Gasteiger partial charge in [-0.15, -0.1) is 68.9 Å². The Morgan fingerprint density at radius 2 is 0.826 bits per heavy atom. The van der Waals surface area contributed by atoms with E-state index in [2.05, 4.69) is 49.1 Å². The fourth-order valence-corrected chi connectivity index (χ4v) is 12.3. The molecule has 0 amide bonds. The van der Waals surface area contributed by atoms with Gasteiger partial charge in [-0.2, -0.15) is 0 Å². The highest BCUT2D eigenvalue weighted by Crippen LogP contribution is 2.44. The van der Waals surface area contributed by atoms with Crippen molar-refractivity contribution >= 4 is 68.9 Å². The summed E-state index contributed by atoms with van der Waals surface area (Å²) in [5, 5.41) is 6.56. The predicted octanol–water partition coefficient (Wildman–Crippen LogP) is 15.7. The van der Waals surface area contributed by atoms with Gasteiger partial charge in [-0.25, -0.2) is 9.97 Å². The Morgan fingerprint density at radius 1 is 0.478 bits per heavy atom. The summed E-state index contributed by atoms with van der Waals surface area (Å²) in [7, 11) is 0. The van der Waals surface area contributed by atoms with Crippen LogP contribution in [0, 0.1) is 0 Å². The monoisotopic (exact) mass is 732 g/mol. The van der Waals surface area contributed by atoms with Gasteiger partial charge in [-0.3, -0.25) is 0 Å². The number of hydrogen-bond acceptors (Lipinski definition) is 8. The topological polar surface area (TPSA) is 25.8 Å². The van der Waals surface area contributed by atoms with Crippen LogP contribution >= 0.6 is 68.9 Å². The smallest absolute Gasteiger partial charge is 0.152 e. The van der Waals surface area contributed by atoms with E-state index in [9.17, 15) is 0 Å². The van der Waals surface area contributed by atoms with Crippen LogP contribution in [0.25, 0.3) is 29.5 Å². The second-order valence-corrected chi connectivity index (χ2v) is 18.5. The van der Waals surface area contributed by atoms with E-state index < -0.39 is 0 Å². The van der Waals surface area contributed by atoms with Gasteiger partial charge in [-0.1, -0.05) is 129 Å². The molecule has 2 nitrogen and oxygen atoms in total. The van der Waals surface area contributed by atoms with E-state index in [0.29, 0.717) is 0 Å². The van der Waals surface area contributed by atoms with Crippen LogP contribution in [0.1, 0.15) is 142 Å². The molecule has 4 rings (SSSR count). The van der Waals surface area contributed by atoms with Crippen LogP contribution in [0.3, 0.4) is 0 Å².